The minimum Gasteiger partial charge on any atom is -0.326 e. The summed E-state index contributed by atoms with van der Waals surface area (Å²) in [6.45, 7) is 4.05. The number of carbonyl (C=O) groups is 1. The van der Waals surface area contributed by atoms with Crippen molar-refractivity contribution in [2.24, 2.45) is 0 Å². The summed E-state index contributed by atoms with van der Waals surface area (Å²) in [6.07, 6.45) is 4.83. The van der Waals surface area contributed by atoms with Gasteiger partial charge in [0.2, 0.25) is 5.91 Å². The van der Waals surface area contributed by atoms with E-state index in [0.29, 0.717) is 23.8 Å². The molecule has 2 heterocycles. The first kappa shape index (κ1) is 20.2. The molecule has 152 valence electrons. The van der Waals surface area contributed by atoms with E-state index in [2.05, 4.69) is 15.3 Å². The van der Waals surface area contributed by atoms with Crippen molar-refractivity contribution in [3.63, 3.8) is 0 Å². The molecule has 3 aromatic rings. The van der Waals surface area contributed by atoms with Gasteiger partial charge in [0, 0.05) is 22.7 Å². The molecule has 0 radical (unpaired) electrons. The molecule has 0 aliphatic heterocycles. The number of thioether (sulfide) groups is 1. The van der Waals surface area contributed by atoms with Crippen molar-refractivity contribution in [3.05, 3.63) is 55.9 Å². The molecule has 1 aliphatic rings. The lowest BCUT2D eigenvalue weighted by Crippen LogP contribution is -2.14. The molecule has 4 rings (SSSR count). The first-order valence-electron chi connectivity index (χ1n) is 10.00. The predicted molar refractivity (Wildman–Crippen MR) is 122 cm³/mol. The van der Waals surface area contributed by atoms with Crippen LogP contribution < -0.4 is 10.9 Å². The third-order valence-electron chi connectivity index (χ3n) is 5.47. The number of hydrogen-bond donors (Lipinski definition) is 2. The molecule has 0 bridgehead atoms. The summed E-state index contributed by atoms with van der Waals surface area (Å²) >= 11 is 3.29. The predicted octanol–water partition coefficient (Wildman–Crippen LogP) is 4.74. The van der Waals surface area contributed by atoms with Gasteiger partial charge in [-0.25, -0.2) is 4.98 Å². The van der Waals surface area contributed by atoms with Crippen molar-refractivity contribution >= 4 is 44.9 Å². The minimum atomic E-state index is -0.0161. The number of nitrogens with zero attached hydrogens (tertiary/aromatic N) is 1. The second-order valence-corrected chi connectivity index (χ2v) is 9.69. The van der Waals surface area contributed by atoms with Crippen LogP contribution in [0.25, 0.3) is 10.2 Å². The highest BCUT2D eigenvalue weighted by Crippen LogP contribution is 2.33. The highest BCUT2D eigenvalue weighted by molar-refractivity contribution is 7.98. The average molecular weight is 428 g/mol. The molecule has 5 nitrogen and oxygen atoms in total. The third-order valence-corrected chi connectivity index (χ3v) is 7.62. The van der Waals surface area contributed by atoms with Crippen LogP contribution in [-0.2, 0) is 23.4 Å². The van der Waals surface area contributed by atoms with E-state index < -0.39 is 0 Å². The number of benzene rings is 1. The summed E-state index contributed by atoms with van der Waals surface area (Å²) in [5.41, 5.74) is 4.34. The average Bonchev–Trinajstić information content (AvgIpc) is 3.08. The number of H-pyrrole nitrogens is 1. The van der Waals surface area contributed by atoms with Gasteiger partial charge >= 0.3 is 0 Å². The first-order chi connectivity index (χ1) is 14.0. The van der Waals surface area contributed by atoms with Gasteiger partial charge in [0.1, 0.15) is 10.7 Å². The monoisotopic (exact) mass is 427 g/mol. The van der Waals surface area contributed by atoms with Gasteiger partial charge in [-0.1, -0.05) is 12.1 Å². The summed E-state index contributed by atoms with van der Waals surface area (Å²) in [6, 6.07) is 5.92. The number of amides is 1. The molecule has 2 N–H and O–H groups in total. The summed E-state index contributed by atoms with van der Waals surface area (Å²) in [7, 11) is 0. The molecular formula is C22H25N3O2S2. The molecule has 0 atom stereocenters. The Labute approximate surface area is 178 Å². The maximum Gasteiger partial charge on any atom is 0.259 e. The fourth-order valence-corrected chi connectivity index (χ4v) is 5.79. The number of aromatic nitrogens is 2. The summed E-state index contributed by atoms with van der Waals surface area (Å²) < 4.78 is 0. The van der Waals surface area contributed by atoms with E-state index in [-0.39, 0.29) is 11.5 Å². The first-order valence-corrected chi connectivity index (χ1v) is 12.0. The van der Waals surface area contributed by atoms with Gasteiger partial charge in [0.25, 0.3) is 5.56 Å². The molecule has 29 heavy (non-hydrogen) atoms. The Balaban J connectivity index is 1.34. The number of thiophene rings is 1. The maximum absolute atomic E-state index is 12.6. The summed E-state index contributed by atoms with van der Waals surface area (Å²) in [5, 5.41) is 3.78. The Bertz CT molecular complexity index is 1120. The third kappa shape index (κ3) is 4.41. The molecule has 0 fully saturated rings. The van der Waals surface area contributed by atoms with E-state index in [1.807, 2.05) is 32.0 Å². The topological polar surface area (TPSA) is 74.8 Å². The van der Waals surface area contributed by atoms with E-state index in [4.69, 9.17) is 0 Å². The summed E-state index contributed by atoms with van der Waals surface area (Å²) in [4.78, 5) is 34.6. The van der Waals surface area contributed by atoms with Gasteiger partial charge in [-0.15, -0.1) is 11.3 Å². The molecule has 1 amide bonds. The fraction of sp³-hybridized carbons (Fsp3) is 0.409. The molecule has 1 aliphatic carbocycles. The number of aryl methyl sites for hydroxylation is 3. The van der Waals surface area contributed by atoms with Crippen molar-refractivity contribution in [1.29, 1.82) is 0 Å². The quantitative estimate of drug-likeness (QED) is 0.557. The van der Waals surface area contributed by atoms with Crippen LogP contribution in [0, 0.1) is 13.8 Å². The molecule has 0 saturated heterocycles. The normalized spacial score (nSPS) is 13.4. The van der Waals surface area contributed by atoms with Gasteiger partial charge < -0.3 is 10.3 Å². The molecule has 0 spiro atoms. The van der Waals surface area contributed by atoms with Crippen molar-refractivity contribution in [2.45, 2.75) is 51.7 Å². The Morgan fingerprint density at radius 2 is 2.10 bits per heavy atom. The lowest BCUT2D eigenvalue weighted by atomic mass is 9.97. The van der Waals surface area contributed by atoms with Crippen molar-refractivity contribution in [1.82, 2.24) is 9.97 Å². The van der Waals surface area contributed by atoms with Crippen LogP contribution in [0.15, 0.2) is 23.0 Å². The zero-order chi connectivity index (χ0) is 20.4. The van der Waals surface area contributed by atoms with E-state index in [1.54, 1.807) is 23.1 Å². The lowest BCUT2D eigenvalue weighted by molar-refractivity contribution is -0.115. The summed E-state index contributed by atoms with van der Waals surface area (Å²) in [5.74, 6) is 1.99. The number of hydrogen-bond acceptors (Lipinski definition) is 5. The number of nitrogens with one attached hydrogen (secondary N) is 2. The van der Waals surface area contributed by atoms with Gasteiger partial charge in [-0.2, -0.15) is 11.8 Å². The fourth-order valence-electron chi connectivity index (χ4n) is 3.71. The van der Waals surface area contributed by atoms with Crippen LogP contribution in [0.5, 0.6) is 0 Å². The second-order valence-electron chi connectivity index (χ2n) is 7.50. The van der Waals surface area contributed by atoms with E-state index in [1.165, 1.54) is 16.9 Å². The van der Waals surface area contributed by atoms with E-state index >= 15 is 0 Å². The number of anilines is 1. The van der Waals surface area contributed by atoms with Crippen LogP contribution in [-0.4, -0.2) is 21.6 Å². The standard InChI is InChI=1S/C22H25N3O2S2/c1-13-6-5-8-16(14(13)2)23-19(26)10-11-28-12-18-24-21(27)20-15-7-3-4-9-17(15)29-22(20)25-18/h5-6,8H,3-4,7,9-12H2,1-2H3,(H,23,26)(H,24,25,27). The molecule has 2 aromatic heterocycles. The lowest BCUT2D eigenvalue weighted by Gasteiger charge is -2.10. The van der Waals surface area contributed by atoms with Gasteiger partial charge in [0.05, 0.1) is 11.1 Å². The van der Waals surface area contributed by atoms with Crippen molar-refractivity contribution < 1.29 is 4.79 Å². The van der Waals surface area contributed by atoms with Gasteiger partial charge in [-0.3, -0.25) is 9.59 Å². The Morgan fingerprint density at radius 1 is 1.28 bits per heavy atom. The number of carbonyl (C=O) groups excluding carboxylic acids is 1. The Hall–Kier alpha value is -2.12. The highest BCUT2D eigenvalue weighted by Gasteiger charge is 2.19. The Morgan fingerprint density at radius 3 is 2.97 bits per heavy atom. The van der Waals surface area contributed by atoms with E-state index in [9.17, 15) is 9.59 Å². The zero-order valence-electron chi connectivity index (χ0n) is 16.8. The maximum atomic E-state index is 12.6. The van der Waals surface area contributed by atoms with Crippen LogP contribution in [0.2, 0.25) is 0 Å². The smallest absolute Gasteiger partial charge is 0.259 e. The van der Waals surface area contributed by atoms with E-state index in [0.717, 1.165) is 46.3 Å². The Kier molecular flexibility index (Phi) is 6.06. The largest absolute Gasteiger partial charge is 0.326 e. The molecule has 0 unspecified atom stereocenters. The van der Waals surface area contributed by atoms with Crippen molar-refractivity contribution in [3.8, 4) is 0 Å². The van der Waals surface area contributed by atoms with Crippen LogP contribution >= 0.6 is 23.1 Å². The van der Waals surface area contributed by atoms with Crippen molar-refractivity contribution in [2.75, 3.05) is 11.1 Å². The number of fused-ring (bicyclic) bond motifs is 3. The molecule has 7 heteroatoms. The van der Waals surface area contributed by atoms with Gasteiger partial charge in [-0.05, 0) is 62.3 Å². The van der Waals surface area contributed by atoms with Crippen LogP contribution in [0.1, 0.15) is 46.7 Å². The van der Waals surface area contributed by atoms with Crippen LogP contribution in [0.4, 0.5) is 5.69 Å². The SMILES string of the molecule is Cc1cccc(NC(=O)CCSCc2nc3sc4c(c3c(=O)[nH]2)CCCC4)c1C. The van der Waals surface area contributed by atoms with Crippen LogP contribution in [0.3, 0.4) is 0 Å². The number of aromatic amines is 1. The zero-order valence-corrected chi connectivity index (χ0v) is 18.4. The second kappa shape index (κ2) is 8.71. The number of rotatable bonds is 6. The molecule has 1 aromatic carbocycles. The highest BCUT2D eigenvalue weighted by atomic mass is 32.2. The molecule has 0 saturated carbocycles. The minimum absolute atomic E-state index is 0.00837. The molecular weight excluding hydrogens is 402 g/mol. The van der Waals surface area contributed by atoms with Gasteiger partial charge in [0.15, 0.2) is 0 Å².